The van der Waals surface area contributed by atoms with Gasteiger partial charge in [-0.25, -0.2) is 0 Å². The number of fused-ring (bicyclic) bond motifs is 1. The van der Waals surface area contributed by atoms with Gasteiger partial charge >= 0.3 is 0 Å². The third-order valence-corrected chi connectivity index (χ3v) is 2.96. The van der Waals surface area contributed by atoms with E-state index < -0.39 is 0 Å². The highest BCUT2D eigenvalue weighted by atomic mass is 16.5. The zero-order valence-corrected chi connectivity index (χ0v) is 11.0. The first-order valence-electron chi connectivity index (χ1n) is 6.23. The maximum Gasteiger partial charge on any atom is 0.175 e. The first-order valence-corrected chi connectivity index (χ1v) is 6.23. The van der Waals surface area contributed by atoms with Gasteiger partial charge in [0.1, 0.15) is 11.5 Å². The van der Waals surface area contributed by atoms with Crippen molar-refractivity contribution in [2.75, 3.05) is 0 Å². The summed E-state index contributed by atoms with van der Waals surface area (Å²) in [4.78, 5) is 8.29. The summed E-state index contributed by atoms with van der Waals surface area (Å²) in [6.07, 6.45) is 4.76. The number of aromatic nitrogens is 2. The normalized spacial score (nSPS) is 11.5. The number of hydrogen-bond acceptors (Lipinski definition) is 5. The number of amidine groups is 1. The van der Waals surface area contributed by atoms with Crippen molar-refractivity contribution in [1.82, 2.24) is 9.97 Å². The van der Waals surface area contributed by atoms with E-state index in [1.807, 2.05) is 24.3 Å². The number of pyridine rings is 2. The van der Waals surface area contributed by atoms with Gasteiger partial charge in [0.05, 0.1) is 17.3 Å². The molecular weight excluding hydrogens is 268 g/mol. The average Bonchev–Trinajstić information content (AvgIpc) is 2.55. The summed E-state index contributed by atoms with van der Waals surface area (Å²) >= 11 is 0. The Hall–Kier alpha value is -3.15. The van der Waals surface area contributed by atoms with Crippen LogP contribution in [0.2, 0.25) is 0 Å². The summed E-state index contributed by atoms with van der Waals surface area (Å²) in [6, 6.07) is 11.0. The summed E-state index contributed by atoms with van der Waals surface area (Å²) in [5.41, 5.74) is 6.88. The summed E-state index contributed by atoms with van der Waals surface area (Å²) < 4.78 is 5.87. The largest absolute Gasteiger partial charge is 0.454 e. The number of para-hydroxylation sites is 1. The van der Waals surface area contributed by atoms with Gasteiger partial charge in [-0.2, -0.15) is 0 Å². The molecule has 0 aliphatic carbocycles. The van der Waals surface area contributed by atoms with Crippen molar-refractivity contribution in [3.63, 3.8) is 0 Å². The minimum absolute atomic E-state index is 0.0628. The van der Waals surface area contributed by atoms with E-state index in [0.29, 0.717) is 17.1 Å². The molecule has 0 saturated heterocycles. The molecule has 104 valence electrons. The molecule has 0 aliphatic heterocycles. The monoisotopic (exact) mass is 280 g/mol. The Morgan fingerprint density at radius 1 is 1.14 bits per heavy atom. The van der Waals surface area contributed by atoms with Crippen LogP contribution in [0.15, 0.2) is 60.1 Å². The van der Waals surface area contributed by atoms with Crippen LogP contribution in [-0.2, 0) is 0 Å². The zero-order valence-electron chi connectivity index (χ0n) is 11.0. The van der Waals surface area contributed by atoms with Gasteiger partial charge in [-0.15, -0.1) is 0 Å². The Morgan fingerprint density at radius 3 is 2.76 bits per heavy atom. The third kappa shape index (κ3) is 2.46. The van der Waals surface area contributed by atoms with Crippen LogP contribution in [0, 0.1) is 0 Å². The van der Waals surface area contributed by atoms with Crippen LogP contribution in [-0.4, -0.2) is 21.0 Å². The number of hydrogen-bond donors (Lipinski definition) is 2. The lowest BCUT2D eigenvalue weighted by atomic mass is 10.1. The topological polar surface area (TPSA) is 93.6 Å². The molecule has 0 bridgehead atoms. The van der Waals surface area contributed by atoms with Gasteiger partial charge in [-0.3, -0.25) is 9.97 Å². The van der Waals surface area contributed by atoms with Crippen molar-refractivity contribution in [2.45, 2.75) is 0 Å². The lowest BCUT2D eigenvalue weighted by Crippen LogP contribution is -2.15. The molecule has 0 unspecified atom stereocenters. The molecule has 0 fully saturated rings. The Kier molecular flexibility index (Phi) is 3.34. The molecule has 0 spiro atoms. The molecule has 0 aliphatic rings. The van der Waals surface area contributed by atoms with Crippen molar-refractivity contribution in [3.8, 4) is 11.5 Å². The fraction of sp³-hybridized carbons (Fsp3) is 0. The Bertz CT molecular complexity index is 803. The highest BCUT2D eigenvalue weighted by Crippen LogP contribution is 2.32. The van der Waals surface area contributed by atoms with E-state index in [4.69, 9.17) is 15.7 Å². The van der Waals surface area contributed by atoms with E-state index in [-0.39, 0.29) is 5.84 Å². The SMILES string of the molecule is N/C(=N\O)c1cnc2ccccc2c1Oc1cccnc1. The molecule has 1 aromatic carbocycles. The summed E-state index contributed by atoms with van der Waals surface area (Å²) in [5, 5.41) is 12.7. The molecule has 2 heterocycles. The number of nitrogens with two attached hydrogens (primary N) is 1. The van der Waals surface area contributed by atoms with Gasteiger partial charge in [0.15, 0.2) is 5.84 Å². The second-order valence-electron chi connectivity index (χ2n) is 4.29. The van der Waals surface area contributed by atoms with E-state index in [2.05, 4.69) is 15.1 Å². The Balaban J connectivity index is 2.21. The molecule has 6 nitrogen and oxygen atoms in total. The first-order chi connectivity index (χ1) is 10.3. The Morgan fingerprint density at radius 2 is 2.00 bits per heavy atom. The number of ether oxygens (including phenoxy) is 1. The van der Waals surface area contributed by atoms with Gasteiger partial charge < -0.3 is 15.7 Å². The quantitative estimate of drug-likeness (QED) is 0.333. The van der Waals surface area contributed by atoms with Gasteiger partial charge in [0.2, 0.25) is 0 Å². The van der Waals surface area contributed by atoms with Crippen LogP contribution in [0.25, 0.3) is 10.9 Å². The van der Waals surface area contributed by atoms with Crippen LogP contribution in [0.1, 0.15) is 5.56 Å². The standard InChI is InChI=1S/C15H12N4O2/c16-15(19-20)12-9-18-13-6-2-1-5-11(13)14(12)21-10-4-3-7-17-8-10/h1-9,20H,(H2,16,19). The third-order valence-electron chi connectivity index (χ3n) is 2.96. The van der Waals surface area contributed by atoms with Crippen LogP contribution in [0.3, 0.4) is 0 Å². The van der Waals surface area contributed by atoms with Crippen molar-refractivity contribution in [3.05, 3.63) is 60.6 Å². The summed E-state index contributed by atoms with van der Waals surface area (Å²) in [7, 11) is 0. The molecular formula is C15H12N4O2. The highest BCUT2D eigenvalue weighted by Gasteiger charge is 2.14. The predicted octanol–water partition coefficient (Wildman–Crippen LogP) is 2.52. The first kappa shape index (κ1) is 12.9. The fourth-order valence-electron chi connectivity index (χ4n) is 1.99. The lowest BCUT2D eigenvalue weighted by Gasteiger charge is -2.12. The smallest absolute Gasteiger partial charge is 0.175 e. The van der Waals surface area contributed by atoms with Crippen molar-refractivity contribution < 1.29 is 9.94 Å². The molecule has 2 aromatic heterocycles. The molecule has 3 N–H and O–H groups in total. The molecule has 0 radical (unpaired) electrons. The van der Waals surface area contributed by atoms with Gasteiger partial charge in [-0.05, 0) is 24.3 Å². The van der Waals surface area contributed by atoms with Crippen LogP contribution >= 0.6 is 0 Å². The molecule has 21 heavy (non-hydrogen) atoms. The minimum atomic E-state index is -0.0628. The second kappa shape index (κ2) is 5.46. The molecule has 3 rings (SSSR count). The van der Waals surface area contributed by atoms with E-state index >= 15 is 0 Å². The van der Waals surface area contributed by atoms with Crippen LogP contribution in [0.5, 0.6) is 11.5 Å². The number of rotatable bonds is 3. The number of oxime groups is 1. The Labute approximate surface area is 120 Å². The van der Waals surface area contributed by atoms with E-state index in [9.17, 15) is 0 Å². The maximum absolute atomic E-state index is 8.92. The average molecular weight is 280 g/mol. The lowest BCUT2D eigenvalue weighted by molar-refractivity contribution is 0.318. The van der Waals surface area contributed by atoms with Crippen LogP contribution < -0.4 is 10.5 Å². The van der Waals surface area contributed by atoms with Crippen molar-refractivity contribution in [1.29, 1.82) is 0 Å². The van der Waals surface area contributed by atoms with E-state index in [1.165, 1.54) is 6.20 Å². The van der Waals surface area contributed by atoms with Gasteiger partial charge in [0.25, 0.3) is 0 Å². The molecule has 0 atom stereocenters. The predicted molar refractivity (Wildman–Crippen MR) is 78.6 cm³/mol. The van der Waals surface area contributed by atoms with Crippen molar-refractivity contribution >= 4 is 16.7 Å². The van der Waals surface area contributed by atoms with Crippen molar-refractivity contribution in [2.24, 2.45) is 10.9 Å². The zero-order chi connectivity index (χ0) is 14.7. The van der Waals surface area contributed by atoms with Gasteiger partial charge in [-0.1, -0.05) is 17.3 Å². The molecule has 0 amide bonds. The maximum atomic E-state index is 8.92. The second-order valence-corrected chi connectivity index (χ2v) is 4.29. The van der Waals surface area contributed by atoms with Gasteiger partial charge in [0, 0.05) is 17.8 Å². The summed E-state index contributed by atoms with van der Waals surface area (Å²) in [5.74, 6) is 0.969. The van der Waals surface area contributed by atoms with E-state index in [1.54, 1.807) is 24.5 Å². The molecule has 0 saturated carbocycles. The van der Waals surface area contributed by atoms with Crippen LogP contribution in [0.4, 0.5) is 0 Å². The molecule has 3 aromatic rings. The fourth-order valence-corrected chi connectivity index (χ4v) is 1.99. The number of benzene rings is 1. The summed E-state index contributed by atoms with van der Waals surface area (Å²) in [6.45, 7) is 0. The molecule has 6 heteroatoms. The van der Waals surface area contributed by atoms with E-state index in [0.717, 1.165) is 10.9 Å². The number of nitrogens with zero attached hydrogens (tertiary/aromatic N) is 3. The minimum Gasteiger partial charge on any atom is -0.454 e. The highest BCUT2D eigenvalue weighted by molar-refractivity contribution is 6.04.